The number of hydrogen-bond donors (Lipinski definition) is 1. The maximum Gasteiger partial charge on any atom is 0.165 e. The molecule has 1 aliphatic heterocycles. The number of hydrogen-bond acceptors (Lipinski definition) is 4. The van der Waals surface area contributed by atoms with Crippen LogP contribution in [-0.4, -0.2) is 26.2 Å². The molecule has 0 amide bonds. The van der Waals surface area contributed by atoms with Crippen LogP contribution in [0.2, 0.25) is 0 Å². The third-order valence-corrected chi connectivity index (χ3v) is 7.43. The summed E-state index contributed by atoms with van der Waals surface area (Å²) in [6.07, 6.45) is 10.5. The van der Waals surface area contributed by atoms with Gasteiger partial charge in [-0.05, 0) is 18.2 Å². The number of nitrogens with one attached hydrogen (secondary N) is 1. The van der Waals surface area contributed by atoms with Gasteiger partial charge in [-0.1, -0.05) is 103 Å². The summed E-state index contributed by atoms with van der Waals surface area (Å²) in [5.74, 6) is 0.875. The zero-order valence-corrected chi connectivity index (χ0v) is 21.0. The minimum absolute atomic E-state index is 0.0647. The zero-order valence-electron chi connectivity index (χ0n) is 21.0. The van der Waals surface area contributed by atoms with Gasteiger partial charge >= 0.3 is 0 Å². The first-order valence-electron chi connectivity index (χ1n) is 13.1. The fourth-order valence-electron chi connectivity index (χ4n) is 5.59. The predicted octanol–water partition coefficient (Wildman–Crippen LogP) is 6.96. The summed E-state index contributed by atoms with van der Waals surface area (Å²) in [7, 11) is 0. The minimum atomic E-state index is 0.0647. The Morgan fingerprint density at radius 3 is 2.41 bits per heavy atom. The first kappa shape index (κ1) is 21.8. The Morgan fingerprint density at radius 2 is 1.49 bits per heavy atom. The number of imidazole rings is 1. The first-order valence-corrected chi connectivity index (χ1v) is 13.1. The van der Waals surface area contributed by atoms with E-state index < -0.39 is 0 Å². The molecule has 2 aliphatic rings. The van der Waals surface area contributed by atoms with Crippen LogP contribution in [0.3, 0.4) is 0 Å². The molecular weight excluding hydrogens is 478 g/mol. The molecule has 0 saturated heterocycles. The van der Waals surface area contributed by atoms with Crippen LogP contribution in [0.1, 0.15) is 11.1 Å². The third-order valence-electron chi connectivity index (χ3n) is 7.43. The molecule has 1 atom stereocenters. The van der Waals surface area contributed by atoms with E-state index in [4.69, 9.17) is 15.0 Å². The molecule has 0 spiro atoms. The molecule has 184 valence electrons. The summed E-state index contributed by atoms with van der Waals surface area (Å²) in [5, 5.41) is 5.79. The number of rotatable bonds is 3. The highest BCUT2D eigenvalue weighted by Gasteiger charge is 2.24. The number of allylic oxidation sites excluding steroid dienone is 2. The molecule has 3 aromatic heterocycles. The van der Waals surface area contributed by atoms with E-state index in [1.54, 1.807) is 0 Å². The summed E-state index contributed by atoms with van der Waals surface area (Å²) in [6.45, 7) is 0. The van der Waals surface area contributed by atoms with Gasteiger partial charge in [0.05, 0.1) is 17.4 Å². The smallest absolute Gasteiger partial charge is 0.165 e. The maximum absolute atomic E-state index is 5.20. The molecule has 0 radical (unpaired) electrons. The Labute approximate surface area is 225 Å². The van der Waals surface area contributed by atoms with Gasteiger partial charge in [0.25, 0.3) is 0 Å². The fraction of sp³-hybridized carbons (Fsp3) is 0.0294. The average Bonchev–Trinajstić information content (AvgIpc) is 3.39. The molecule has 4 heterocycles. The molecule has 1 N–H and O–H groups in total. The van der Waals surface area contributed by atoms with Crippen molar-refractivity contribution in [3.63, 3.8) is 0 Å². The van der Waals surface area contributed by atoms with Crippen molar-refractivity contribution in [2.45, 2.75) is 6.04 Å². The van der Waals surface area contributed by atoms with Gasteiger partial charge in [-0.3, -0.25) is 4.40 Å². The topological polar surface area (TPSA) is 54.6 Å². The Kier molecular flexibility index (Phi) is 4.82. The minimum Gasteiger partial charge on any atom is -0.359 e. The number of amidine groups is 1. The Balaban J connectivity index is 1.34. The van der Waals surface area contributed by atoms with Crippen LogP contribution in [0, 0.1) is 0 Å². The van der Waals surface area contributed by atoms with Gasteiger partial charge in [0.2, 0.25) is 0 Å². The first-order chi connectivity index (χ1) is 19.3. The normalized spacial score (nSPS) is 16.5. The number of aliphatic imine (C=N–C) groups is 1. The number of nitrogens with zero attached hydrogens (tertiary/aromatic N) is 4. The third kappa shape index (κ3) is 3.51. The SMILES string of the molecule is C1=CC2=C(c3cccc(-c4nc5c(nc6ccccn65)c5ccccc45)c3)N=C(c3ccccc3)NC2C=C1. The van der Waals surface area contributed by atoms with Crippen LogP contribution in [0.15, 0.2) is 138 Å². The predicted molar refractivity (Wildman–Crippen MR) is 159 cm³/mol. The van der Waals surface area contributed by atoms with Crippen LogP contribution in [0.4, 0.5) is 0 Å². The van der Waals surface area contributed by atoms with Crippen molar-refractivity contribution in [1.82, 2.24) is 19.7 Å². The fourth-order valence-corrected chi connectivity index (χ4v) is 5.59. The van der Waals surface area contributed by atoms with Gasteiger partial charge in [-0.2, -0.15) is 0 Å². The van der Waals surface area contributed by atoms with Crippen LogP contribution < -0.4 is 5.32 Å². The largest absolute Gasteiger partial charge is 0.359 e. The molecule has 1 aliphatic carbocycles. The molecule has 3 aromatic carbocycles. The molecule has 5 heteroatoms. The van der Waals surface area contributed by atoms with Crippen LogP contribution >= 0.6 is 0 Å². The van der Waals surface area contributed by atoms with Crippen LogP contribution in [0.25, 0.3) is 44.5 Å². The number of aromatic nitrogens is 3. The molecule has 1 unspecified atom stereocenters. The van der Waals surface area contributed by atoms with E-state index in [9.17, 15) is 0 Å². The van der Waals surface area contributed by atoms with E-state index in [0.29, 0.717) is 0 Å². The van der Waals surface area contributed by atoms with Crippen molar-refractivity contribution in [2.24, 2.45) is 4.99 Å². The number of pyridine rings is 2. The highest BCUT2D eigenvalue weighted by atomic mass is 15.1. The Morgan fingerprint density at radius 1 is 0.692 bits per heavy atom. The van der Waals surface area contributed by atoms with Crippen molar-refractivity contribution in [2.75, 3.05) is 0 Å². The van der Waals surface area contributed by atoms with Gasteiger partial charge in [0.15, 0.2) is 5.65 Å². The van der Waals surface area contributed by atoms with Crippen molar-refractivity contribution >= 4 is 39.1 Å². The lowest BCUT2D eigenvalue weighted by molar-refractivity contribution is 0.830. The quantitative estimate of drug-likeness (QED) is 0.285. The number of fused-ring (bicyclic) bond motifs is 6. The van der Waals surface area contributed by atoms with Crippen molar-refractivity contribution in [1.29, 1.82) is 0 Å². The zero-order chi connectivity index (χ0) is 25.8. The standard InChI is InChI=1S/C34H23N5/c1-2-11-22(12-3-1)33-35-28-18-7-6-17-27(28)31(37-33)24-14-10-13-23(21-24)30-25-15-4-5-16-26(25)32-34(38-30)39-20-9-8-19-29(39)36-32/h1-21,28H,(H,35,37). The van der Waals surface area contributed by atoms with Gasteiger partial charge in [-0.25, -0.2) is 15.0 Å². The summed E-state index contributed by atoms with van der Waals surface area (Å²) >= 11 is 0. The monoisotopic (exact) mass is 501 g/mol. The highest BCUT2D eigenvalue weighted by Crippen LogP contribution is 2.35. The highest BCUT2D eigenvalue weighted by molar-refractivity contribution is 6.10. The van der Waals surface area contributed by atoms with E-state index in [1.165, 1.54) is 0 Å². The van der Waals surface area contributed by atoms with E-state index in [2.05, 4.69) is 94.7 Å². The van der Waals surface area contributed by atoms with Crippen molar-refractivity contribution < 1.29 is 0 Å². The molecule has 0 saturated carbocycles. The molecule has 8 rings (SSSR count). The molecular formula is C34H23N5. The van der Waals surface area contributed by atoms with E-state index >= 15 is 0 Å². The van der Waals surface area contributed by atoms with Gasteiger partial charge < -0.3 is 5.32 Å². The lowest BCUT2D eigenvalue weighted by Crippen LogP contribution is -2.39. The summed E-state index contributed by atoms with van der Waals surface area (Å²) in [6, 6.07) is 33.4. The molecule has 5 nitrogen and oxygen atoms in total. The van der Waals surface area contributed by atoms with Crippen molar-refractivity contribution in [3.8, 4) is 11.3 Å². The second-order valence-corrected chi connectivity index (χ2v) is 9.80. The molecule has 0 fully saturated rings. The summed E-state index contributed by atoms with van der Waals surface area (Å²) in [5.41, 5.74) is 8.91. The van der Waals surface area contributed by atoms with Gasteiger partial charge in [0.1, 0.15) is 17.0 Å². The Hall–Kier alpha value is -5.29. The van der Waals surface area contributed by atoms with E-state index in [-0.39, 0.29) is 6.04 Å². The van der Waals surface area contributed by atoms with E-state index in [0.717, 1.165) is 67.1 Å². The summed E-state index contributed by atoms with van der Waals surface area (Å²) < 4.78 is 2.06. The van der Waals surface area contributed by atoms with Gasteiger partial charge in [-0.15, -0.1) is 0 Å². The van der Waals surface area contributed by atoms with Crippen LogP contribution in [0.5, 0.6) is 0 Å². The second kappa shape index (κ2) is 8.64. The van der Waals surface area contributed by atoms with Crippen LogP contribution in [-0.2, 0) is 0 Å². The van der Waals surface area contributed by atoms with Crippen molar-refractivity contribution in [3.05, 3.63) is 144 Å². The van der Waals surface area contributed by atoms with E-state index in [1.807, 2.05) is 42.6 Å². The number of benzene rings is 3. The molecule has 6 aromatic rings. The lowest BCUT2D eigenvalue weighted by atomic mass is 9.93. The lowest BCUT2D eigenvalue weighted by Gasteiger charge is -2.28. The van der Waals surface area contributed by atoms with Gasteiger partial charge in [0, 0.05) is 39.2 Å². The Bertz CT molecular complexity index is 2040. The second-order valence-electron chi connectivity index (χ2n) is 9.80. The average molecular weight is 502 g/mol. The molecule has 0 bridgehead atoms. The molecule has 39 heavy (non-hydrogen) atoms. The maximum atomic E-state index is 5.20. The summed E-state index contributed by atoms with van der Waals surface area (Å²) in [4.78, 5) is 15.3.